The molecule has 30 heavy (non-hydrogen) atoms. The molecule has 2 aromatic carbocycles. The van der Waals surface area contributed by atoms with E-state index in [1.165, 1.54) is 43.3 Å². The maximum absolute atomic E-state index is 12.4. The van der Waals surface area contributed by atoms with Gasteiger partial charge in [0.15, 0.2) is 5.76 Å². The van der Waals surface area contributed by atoms with Gasteiger partial charge in [-0.2, -0.15) is 18.3 Å². The second kappa shape index (κ2) is 9.87. The van der Waals surface area contributed by atoms with Gasteiger partial charge in [0.25, 0.3) is 5.69 Å². The number of nitro groups is 1. The number of aliphatic hydroxyl groups is 1. The van der Waals surface area contributed by atoms with Gasteiger partial charge in [-0.15, -0.1) is 5.11 Å². The van der Waals surface area contributed by atoms with Crippen LogP contribution in [0.2, 0.25) is 0 Å². The second-order valence-corrected chi connectivity index (χ2v) is 6.60. The molecule has 8 nitrogen and oxygen atoms in total. The number of non-ortho nitro benzene ring substituents is 1. The average molecular weight is 441 g/mol. The first-order valence-electron chi connectivity index (χ1n) is 8.23. The summed E-state index contributed by atoms with van der Waals surface area (Å²) in [6.07, 6.45) is 0. The number of azo groups is 1. The van der Waals surface area contributed by atoms with Crippen molar-refractivity contribution in [1.82, 2.24) is 0 Å². The Kier molecular flexibility index (Phi) is 7.53. The number of esters is 1. The van der Waals surface area contributed by atoms with Crippen molar-refractivity contribution in [2.24, 2.45) is 10.2 Å². The molecule has 0 atom stereocenters. The van der Waals surface area contributed by atoms with Crippen LogP contribution < -0.4 is 0 Å². The zero-order chi connectivity index (χ0) is 22.3. The third-order valence-corrected chi connectivity index (χ3v) is 4.12. The second-order valence-electron chi connectivity index (χ2n) is 5.46. The minimum absolute atomic E-state index is 0.0191. The lowest BCUT2D eigenvalue weighted by atomic mass is 10.1. The first-order chi connectivity index (χ1) is 14.1. The lowest BCUT2D eigenvalue weighted by Gasteiger charge is -2.06. The molecule has 1 N–H and O–H groups in total. The van der Waals surface area contributed by atoms with Crippen LogP contribution >= 0.6 is 11.8 Å². The number of alkyl halides is 3. The number of ether oxygens (including phenoxy) is 1. The maximum Gasteiger partial charge on any atom is 0.446 e. The fourth-order valence-corrected chi connectivity index (χ4v) is 2.62. The normalized spacial score (nSPS) is 12.5. The summed E-state index contributed by atoms with van der Waals surface area (Å²) < 4.78 is 41.9. The average Bonchev–Trinajstić information content (AvgIpc) is 2.68. The van der Waals surface area contributed by atoms with Gasteiger partial charge in [0.2, 0.25) is 5.70 Å². The number of carbonyl (C=O) groups excluding carboxylic acids is 1. The number of carbonyl (C=O) groups is 1. The summed E-state index contributed by atoms with van der Waals surface area (Å²) in [5.74, 6) is -1.63. The zero-order valence-electron chi connectivity index (χ0n) is 15.3. The van der Waals surface area contributed by atoms with Crippen LogP contribution in [0.4, 0.5) is 24.5 Å². The van der Waals surface area contributed by atoms with Crippen molar-refractivity contribution in [3.05, 3.63) is 69.9 Å². The summed E-state index contributed by atoms with van der Waals surface area (Å²) in [7, 11) is 0. The fourth-order valence-electron chi connectivity index (χ4n) is 2.08. The standard InChI is InChI=1S/C18H14F3N3O5S/c1-2-29-17(26)15(16(25)11-3-7-13(8-4-11)24(27)28)23-22-12-5-9-14(10-6-12)30-18(19,20)21/h3-10,25H,2H2,1H3/b16-15+,23-22?. The van der Waals surface area contributed by atoms with Crippen LogP contribution in [0, 0.1) is 10.1 Å². The molecule has 0 aliphatic heterocycles. The van der Waals surface area contributed by atoms with Gasteiger partial charge in [-0.25, -0.2) is 4.79 Å². The Balaban J connectivity index is 2.33. The van der Waals surface area contributed by atoms with E-state index in [4.69, 9.17) is 4.74 Å². The van der Waals surface area contributed by atoms with Crippen molar-refractivity contribution < 1.29 is 32.7 Å². The van der Waals surface area contributed by atoms with Crippen LogP contribution in [0.5, 0.6) is 0 Å². The third kappa shape index (κ3) is 6.58. The Morgan fingerprint density at radius 1 is 1.17 bits per heavy atom. The van der Waals surface area contributed by atoms with Crippen LogP contribution in [-0.2, 0) is 9.53 Å². The van der Waals surface area contributed by atoms with Crippen LogP contribution in [-0.4, -0.2) is 28.1 Å². The summed E-state index contributed by atoms with van der Waals surface area (Å²) in [4.78, 5) is 22.2. The van der Waals surface area contributed by atoms with Gasteiger partial charge in [-0.1, -0.05) is 0 Å². The highest BCUT2D eigenvalue weighted by Crippen LogP contribution is 2.37. The van der Waals surface area contributed by atoms with Crippen LogP contribution in [0.15, 0.2) is 69.4 Å². The molecule has 0 saturated carbocycles. The van der Waals surface area contributed by atoms with Crippen LogP contribution in [0.1, 0.15) is 12.5 Å². The van der Waals surface area contributed by atoms with Crippen molar-refractivity contribution in [2.45, 2.75) is 17.3 Å². The Morgan fingerprint density at radius 2 is 1.77 bits per heavy atom. The first kappa shape index (κ1) is 22.9. The van der Waals surface area contributed by atoms with E-state index < -0.39 is 27.9 Å². The van der Waals surface area contributed by atoms with E-state index in [1.54, 1.807) is 0 Å². The highest BCUT2D eigenvalue weighted by atomic mass is 32.2. The van der Waals surface area contributed by atoms with Gasteiger partial charge < -0.3 is 9.84 Å². The topological polar surface area (TPSA) is 114 Å². The summed E-state index contributed by atoms with van der Waals surface area (Å²) in [6.45, 7) is 1.52. The van der Waals surface area contributed by atoms with E-state index in [1.807, 2.05) is 0 Å². The van der Waals surface area contributed by atoms with E-state index >= 15 is 0 Å². The molecule has 0 fully saturated rings. The van der Waals surface area contributed by atoms with Crippen molar-refractivity contribution in [2.75, 3.05) is 6.61 Å². The largest absolute Gasteiger partial charge is 0.505 e. The summed E-state index contributed by atoms with van der Waals surface area (Å²) in [5, 5.41) is 28.5. The van der Waals surface area contributed by atoms with Gasteiger partial charge >= 0.3 is 11.5 Å². The number of aliphatic hydroxyl groups excluding tert-OH is 1. The lowest BCUT2D eigenvalue weighted by Crippen LogP contribution is -2.08. The Labute approximate surface area is 172 Å². The quantitative estimate of drug-likeness (QED) is 0.111. The molecule has 0 spiro atoms. The highest BCUT2D eigenvalue weighted by Gasteiger charge is 2.29. The maximum atomic E-state index is 12.4. The van der Waals surface area contributed by atoms with Crippen molar-refractivity contribution in [3.8, 4) is 0 Å². The molecule has 0 aromatic heterocycles. The monoisotopic (exact) mass is 441 g/mol. The van der Waals surface area contributed by atoms with E-state index in [2.05, 4.69) is 10.2 Å². The van der Waals surface area contributed by atoms with Gasteiger partial charge in [0, 0.05) is 22.6 Å². The molecule has 0 aliphatic carbocycles. The number of hydrogen-bond donors (Lipinski definition) is 1. The molecule has 158 valence electrons. The molecule has 2 rings (SSSR count). The molecule has 0 heterocycles. The molecule has 0 saturated heterocycles. The molecule has 2 aromatic rings. The predicted molar refractivity (Wildman–Crippen MR) is 102 cm³/mol. The fraction of sp³-hybridized carbons (Fsp3) is 0.167. The third-order valence-electron chi connectivity index (χ3n) is 3.38. The summed E-state index contributed by atoms with van der Waals surface area (Å²) in [6, 6.07) is 9.54. The Morgan fingerprint density at radius 3 is 2.27 bits per heavy atom. The molecule has 0 aliphatic rings. The summed E-state index contributed by atoms with van der Waals surface area (Å²) >= 11 is -0.293. The highest BCUT2D eigenvalue weighted by molar-refractivity contribution is 8.00. The summed E-state index contributed by atoms with van der Waals surface area (Å²) in [5.41, 5.74) is -5.04. The molecular weight excluding hydrogens is 427 g/mol. The number of nitro benzene ring substituents is 1. The molecule has 0 unspecified atom stereocenters. The van der Waals surface area contributed by atoms with Gasteiger partial charge in [-0.3, -0.25) is 10.1 Å². The van der Waals surface area contributed by atoms with Gasteiger partial charge in [-0.05, 0) is 55.1 Å². The molecule has 12 heteroatoms. The minimum Gasteiger partial charge on any atom is -0.505 e. The van der Waals surface area contributed by atoms with Crippen molar-refractivity contribution in [3.63, 3.8) is 0 Å². The Bertz CT molecular complexity index is 974. The number of halogens is 3. The number of benzene rings is 2. The van der Waals surface area contributed by atoms with Crippen molar-refractivity contribution in [1.29, 1.82) is 0 Å². The number of hydrogen-bond acceptors (Lipinski definition) is 8. The SMILES string of the molecule is CCOC(=O)/C(N=Nc1ccc(SC(F)(F)F)cc1)=C(\O)c1ccc([N+](=O)[O-])cc1. The van der Waals surface area contributed by atoms with Gasteiger partial charge in [0.1, 0.15) is 0 Å². The smallest absolute Gasteiger partial charge is 0.446 e. The van der Waals surface area contributed by atoms with Gasteiger partial charge in [0.05, 0.1) is 17.2 Å². The lowest BCUT2D eigenvalue weighted by molar-refractivity contribution is -0.384. The zero-order valence-corrected chi connectivity index (χ0v) is 16.1. The van der Waals surface area contributed by atoms with Crippen molar-refractivity contribution >= 4 is 34.9 Å². The number of thioether (sulfide) groups is 1. The minimum atomic E-state index is -4.43. The molecule has 0 radical (unpaired) electrons. The molecule has 0 bridgehead atoms. The Hall–Kier alpha value is -3.41. The first-order valence-corrected chi connectivity index (χ1v) is 9.05. The van der Waals surface area contributed by atoms with E-state index in [-0.39, 0.29) is 40.2 Å². The predicted octanol–water partition coefficient (Wildman–Crippen LogP) is 5.78. The van der Waals surface area contributed by atoms with E-state index in [0.29, 0.717) is 0 Å². The van der Waals surface area contributed by atoms with Crippen LogP contribution in [0.25, 0.3) is 5.76 Å². The molecular formula is C18H14F3N3O5S. The van der Waals surface area contributed by atoms with E-state index in [9.17, 15) is 33.2 Å². The molecule has 0 amide bonds. The van der Waals surface area contributed by atoms with Crippen LogP contribution in [0.3, 0.4) is 0 Å². The van der Waals surface area contributed by atoms with E-state index in [0.717, 1.165) is 12.1 Å². The number of rotatable bonds is 7. The number of nitrogens with zero attached hydrogens (tertiary/aromatic N) is 3.